The Hall–Kier alpha value is -6.72. The summed E-state index contributed by atoms with van der Waals surface area (Å²) in [6.45, 7) is 12.0. The Balaban J connectivity index is 1.23. The molecule has 0 spiro atoms. The van der Waals surface area contributed by atoms with Gasteiger partial charge in [0, 0.05) is 43.9 Å². The first-order chi connectivity index (χ1) is 29.2. The van der Waals surface area contributed by atoms with Crippen molar-refractivity contribution in [3.05, 3.63) is 150 Å². The van der Waals surface area contributed by atoms with Crippen LogP contribution in [0.3, 0.4) is 0 Å². The minimum atomic E-state index is -0.123. The lowest BCUT2D eigenvalue weighted by atomic mass is 9.43. The number of rotatable bonds is 1. The molecule has 0 radical (unpaired) electrons. The predicted molar refractivity (Wildman–Crippen MR) is 252 cm³/mol. The van der Waals surface area contributed by atoms with Crippen molar-refractivity contribution in [2.45, 2.75) is 58.3 Å². The van der Waals surface area contributed by atoms with E-state index in [2.05, 4.69) is 177 Å². The van der Waals surface area contributed by atoms with Crippen LogP contribution in [0.5, 0.6) is 0 Å². The SMILES string of the molecule is Cc1cc2c(cc1N1B3c4c(cc5oc6ccccc6c5c4-n4c5cc6ccccc6cc5c5cccc3c54)-c3c1ccc1oc4ccccc4c31)C(C)(C)CCC2(C)C. The zero-order valence-electron chi connectivity index (χ0n) is 34.4. The fourth-order valence-corrected chi connectivity index (χ4v) is 11.9. The molecular weight excluding hydrogens is 731 g/mol. The third kappa shape index (κ3) is 3.99. The van der Waals surface area contributed by atoms with Gasteiger partial charge < -0.3 is 18.2 Å². The zero-order valence-corrected chi connectivity index (χ0v) is 34.4. The second kappa shape index (κ2) is 10.9. The first-order valence-electron chi connectivity index (χ1n) is 21.5. The maximum Gasteiger partial charge on any atom is 0.333 e. The van der Waals surface area contributed by atoms with Crippen LogP contribution < -0.4 is 15.7 Å². The molecule has 0 N–H and O–H groups in total. The molecule has 0 atom stereocenters. The molecule has 0 fully saturated rings. The van der Waals surface area contributed by atoms with Gasteiger partial charge in [-0.1, -0.05) is 113 Å². The second-order valence-corrected chi connectivity index (χ2v) is 19.1. The molecule has 0 saturated carbocycles. The van der Waals surface area contributed by atoms with Crippen LogP contribution in [-0.2, 0) is 10.8 Å². The van der Waals surface area contributed by atoms with Gasteiger partial charge in [0.2, 0.25) is 0 Å². The highest BCUT2D eigenvalue weighted by atomic mass is 16.3. The molecule has 0 bridgehead atoms. The summed E-state index contributed by atoms with van der Waals surface area (Å²) in [5, 5.41) is 9.60. The molecule has 11 aromatic rings. The van der Waals surface area contributed by atoms with Crippen LogP contribution >= 0.6 is 0 Å². The number of para-hydroxylation sites is 3. The summed E-state index contributed by atoms with van der Waals surface area (Å²) in [6, 6.07) is 49.8. The van der Waals surface area contributed by atoms with E-state index in [1.165, 1.54) is 94.8 Å². The third-order valence-corrected chi connectivity index (χ3v) is 14.9. The van der Waals surface area contributed by atoms with Gasteiger partial charge in [0.1, 0.15) is 22.3 Å². The summed E-state index contributed by atoms with van der Waals surface area (Å²) in [7, 11) is 0. The Bertz CT molecular complexity index is 3760. The lowest BCUT2D eigenvalue weighted by Gasteiger charge is -2.46. The van der Waals surface area contributed by atoms with Crippen molar-refractivity contribution in [2.24, 2.45) is 0 Å². The van der Waals surface area contributed by atoms with Gasteiger partial charge in [-0.25, -0.2) is 0 Å². The van der Waals surface area contributed by atoms with Gasteiger partial charge in [-0.05, 0) is 123 Å². The minimum absolute atomic E-state index is 0.0442. The number of hydrogen-bond donors (Lipinski definition) is 0. The number of fused-ring (bicyclic) bond motifs is 17. The highest BCUT2D eigenvalue weighted by Gasteiger charge is 2.47. The standard InChI is InChI=1S/C55H41BN2O2/c1-30-25-38-39(55(4,5)24-23-54(38,2)3)29-42(30)58-41-21-22-46-49(34-15-8-10-19-44(34)59-46)48(41)37-28-47-50(35-16-9-11-20-45(35)60-47)53-51(37)56(58)40-18-12-17-33-36-26-31-13-6-7-14-32(31)27-43(36)57(53)52(33)40/h6-22,25-29H,23-24H2,1-5H3. The number of benzene rings is 8. The Morgan fingerprint density at radius 2 is 1.20 bits per heavy atom. The molecule has 60 heavy (non-hydrogen) atoms. The van der Waals surface area contributed by atoms with E-state index in [0.717, 1.165) is 50.3 Å². The van der Waals surface area contributed by atoms with Gasteiger partial charge in [0.25, 0.3) is 0 Å². The smallest absolute Gasteiger partial charge is 0.333 e. The van der Waals surface area contributed by atoms with E-state index < -0.39 is 0 Å². The number of aromatic nitrogens is 1. The van der Waals surface area contributed by atoms with Crippen molar-refractivity contribution in [3.63, 3.8) is 0 Å². The highest BCUT2D eigenvalue weighted by molar-refractivity contribution is 6.94. The summed E-state index contributed by atoms with van der Waals surface area (Å²) in [5.41, 5.74) is 19.2. The van der Waals surface area contributed by atoms with Gasteiger partial charge in [-0.2, -0.15) is 0 Å². The monoisotopic (exact) mass is 772 g/mol. The Kier molecular flexibility index (Phi) is 6.03. The lowest BCUT2D eigenvalue weighted by Crippen LogP contribution is -2.60. The first-order valence-corrected chi connectivity index (χ1v) is 21.5. The van der Waals surface area contributed by atoms with Gasteiger partial charge in [0.05, 0.1) is 22.1 Å². The molecule has 4 nitrogen and oxygen atoms in total. The second-order valence-electron chi connectivity index (χ2n) is 19.1. The quantitative estimate of drug-likeness (QED) is 0.156. The van der Waals surface area contributed by atoms with Crippen LogP contribution in [0, 0.1) is 6.92 Å². The van der Waals surface area contributed by atoms with Gasteiger partial charge in [-0.3, -0.25) is 0 Å². The zero-order chi connectivity index (χ0) is 40.0. The number of furan rings is 2. The summed E-state index contributed by atoms with van der Waals surface area (Å²) >= 11 is 0. The van der Waals surface area contributed by atoms with Crippen LogP contribution in [0.25, 0.3) is 93.3 Å². The lowest BCUT2D eigenvalue weighted by molar-refractivity contribution is 0.332. The fraction of sp³-hybridized carbons (Fsp3) is 0.164. The molecule has 2 aliphatic heterocycles. The van der Waals surface area contributed by atoms with E-state index in [0.29, 0.717) is 0 Å². The van der Waals surface area contributed by atoms with Crippen LogP contribution in [-0.4, -0.2) is 11.4 Å². The minimum Gasteiger partial charge on any atom is -0.456 e. The highest BCUT2D eigenvalue weighted by Crippen LogP contribution is 2.54. The van der Waals surface area contributed by atoms with E-state index in [-0.39, 0.29) is 17.7 Å². The van der Waals surface area contributed by atoms with E-state index in [9.17, 15) is 0 Å². The summed E-state index contributed by atoms with van der Waals surface area (Å²) in [4.78, 5) is 2.72. The number of anilines is 2. The maximum absolute atomic E-state index is 6.94. The molecule has 0 unspecified atom stereocenters. The number of hydrogen-bond acceptors (Lipinski definition) is 3. The Labute approximate surface area is 347 Å². The molecule has 5 heteroatoms. The average Bonchev–Trinajstić information content (AvgIpc) is 3.93. The molecule has 3 aromatic heterocycles. The van der Waals surface area contributed by atoms with Crippen LogP contribution in [0.2, 0.25) is 0 Å². The molecule has 0 amide bonds. The molecular formula is C55H41BN2O2. The van der Waals surface area contributed by atoms with Gasteiger partial charge in [-0.15, -0.1) is 0 Å². The van der Waals surface area contributed by atoms with Gasteiger partial charge >= 0.3 is 6.85 Å². The van der Waals surface area contributed by atoms with Gasteiger partial charge in [0.15, 0.2) is 0 Å². The summed E-state index contributed by atoms with van der Waals surface area (Å²) in [6.07, 6.45) is 2.34. The largest absolute Gasteiger partial charge is 0.456 e. The van der Waals surface area contributed by atoms with Crippen molar-refractivity contribution in [2.75, 3.05) is 4.81 Å². The first kappa shape index (κ1) is 33.2. The third-order valence-electron chi connectivity index (χ3n) is 14.9. The van der Waals surface area contributed by atoms with Crippen molar-refractivity contribution in [1.29, 1.82) is 0 Å². The van der Waals surface area contributed by atoms with Crippen molar-refractivity contribution in [3.8, 4) is 16.8 Å². The normalized spacial score (nSPS) is 16.1. The van der Waals surface area contributed by atoms with E-state index in [4.69, 9.17) is 8.83 Å². The van der Waals surface area contributed by atoms with Crippen molar-refractivity contribution >= 4 is 106 Å². The topological polar surface area (TPSA) is 34.5 Å². The van der Waals surface area contributed by atoms with E-state index in [1.54, 1.807) is 0 Å². The van der Waals surface area contributed by atoms with Crippen LogP contribution in [0.15, 0.2) is 142 Å². The van der Waals surface area contributed by atoms with Crippen molar-refractivity contribution in [1.82, 2.24) is 4.57 Å². The molecule has 3 aliphatic rings. The summed E-state index contributed by atoms with van der Waals surface area (Å²) < 4.78 is 16.2. The van der Waals surface area contributed by atoms with E-state index in [1.807, 2.05) is 0 Å². The predicted octanol–water partition coefficient (Wildman–Crippen LogP) is 13.6. The fourth-order valence-electron chi connectivity index (χ4n) is 11.9. The Morgan fingerprint density at radius 3 is 1.97 bits per heavy atom. The molecule has 5 heterocycles. The molecule has 8 aromatic carbocycles. The molecule has 0 saturated heterocycles. The number of aryl methyl sites for hydroxylation is 1. The average molecular weight is 773 g/mol. The summed E-state index contributed by atoms with van der Waals surface area (Å²) in [5.74, 6) is 0. The number of nitrogens with zero attached hydrogens (tertiary/aromatic N) is 2. The van der Waals surface area contributed by atoms with Crippen LogP contribution in [0.4, 0.5) is 11.4 Å². The maximum atomic E-state index is 6.94. The molecule has 286 valence electrons. The van der Waals surface area contributed by atoms with E-state index >= 15 is 0 Å². The van der Waals surface area contributed by atoms with Crippen LogP contribution in [0.1, 0.15) is 57.2 Å². The molecule has 1 aliphatic carbocycles. The molecule has 14 rings (SSSR count). The van der Waals surface area contributed by atoms with Crippen molar-refractivity contribution < 1.29 is 8.83 Å². The Morgan fingerprint density at radius 1 is 0.550 bits per heavy atom.